The van der Waals surface area contributed by atoms with Crippen molar-refractivity contribution in [3.05, 3.63) is 63.8 Å². The third-order valence-corrected chi connectivity index (χ3v) is 2.54. The van der Waals surface area contributed by atoms with Crippen LogP contribution in [0.15, 0.2) is 42.6 Å². The Labute approximate surface area is 109 Å². The first kappa shape index (κ1) is 12.7. The highest BCUT2D eigenvalue weighted by molar-refractivity contribution is 6.04. The maximum Gasteiger partial charge on any atom is 0.287 e. The van der Waals surface area contributed by atoms with Crippen LogP contribution in [0.1, 0.15) is 15.9 Å². The van der Waals surface area contributed by atoms with Crippen molar-refractivity contribution in [3.63, 3.8) is 0 Å². The van der Waals surface area contributed by atoms with Crippen LogP contribution in [0.2, 0.25) is 0 Å². The van der Waals surface area contributed by atoms with Gasteiger partial charge in [-0.15, -0.1) is 0 Å². The number of hydrogen-bond acceptors (Lipinski definition) is 4. The van der Waals surface area contributed by atoms with E-state index >= 15 is 0 Å². The van der Waals surface area contributed by atoms with Crippen LogP contribution >= 0.6 is 0 Å². The minimum atomic E-state index is -0.525. The first-order valence-corrected chi connectivity index (χ1v) is 5.55. The minimum Gasteiger partial charge on any atom is -0.306 e. The van der Waals surface area contributed by atoms with Crippen molar-refractivity contribution in [1.82, 2.24) is 4.98 Å². The third-order valence-electron chi connectivity index (χ3n) is 2.54. The summed E-state index contributed by atoms with van der Waals surface area (Å²) in [7, 11) is 0. The van der Waals surface area contributed by atoms with Gasteiger partial charge in [0.25, 0.3) is 11.6 Å². The fraction of sp³-hybridized carbons (Fsp3) is 0.0769. The molecule has 0 atom stereocenters. The zero-order valence-electron chi connectivity index (χ0n) is 10.2. The number of nitro groups is 1. The summed E-state index contributed by atoms with van der Waals surface area (Å²) in [4.78, 5) is 25.9. The van der Waals surface area contributed by atoms with Crippen molar-refractivity contribution in [2.45, 2.75) is 6.92 Å². The number of aromatic nitrogens is 1. The van der Waals surface area contributed by atoms with Gasteiger partial charge in [0, 0.05) is 11.6 Å². The highest BCUT2D eigenvalue weighted by atomic mass is 16.6. The maximum absolute atomic E-state index is 11.9. The molecule has 96 valence electrons. The summed E-state index contributed by atoms with van der Waals surface area (Å²) in [6.07, 6.45) is 1.12. The molecule has 0 aliphatic rings. The Bertz CT molecular complexity index is 626. The predicted molar refractivity (Wildman–Crippen MR) is 70.0 cm³/mol. The van der Waals surface area contributed by atoms with Gasteiger partial charge in [0.05, 0.1) is 4.92 Å². The number of carbonyl (C=O) groups excluding carboxylic acids is 1. The Balaban J connectivity index is 2.20. The average molecular weight is 257 g/mol. The maximum atomic E-state index is 11.9. The second-order valence-corrected chi connectivity index (χ2v) is 3.94. The van der Waals surface area contributed by atoms with Crippen LogP contribution < -0.4 is 5.32 Å². The number of nitrogens with zero attached hydrogens (tertiary/aromatic N) is 2. The molecule has 6 nitrogen and oxygen atoms in total. The fourth-order valence-electron chi connectivity index (χ4n) is 1.56. The summed E-state index contributed by atoms with van der Waals surface area (Å²) >= 11 is 0. The van der Waals surface area contributed by atoms with Crippen LogP contribution in [0, 0.1) is 17.0 Å². The van der Waals surface area contributed by atoms with Crippen LogP contribution in [0.3, 0.4) is 0 Å². The molecule has 19 heavy (non-hydrogen) atoms. The van der Waals surface area contributed by atoms with E-state index in [4.69, 9.17) is 0 Å². The first-order chi connectivity index (χ1) is 9.08. The Morgan fingerprint density at radius 3 is 2.58 bits per heavy atom. The second kappa shape index (κ2) is 5.26. The number of pyridine rings is 1. The standard InChI is InChI=1S/C13H11N3O3/c1-9-7-11(16(18)19)8-14-12(9)15-13(17)10-5-3-2-4-6-10/h2-8H,1H3,(H,14,15,17). The molecule has 1 aromatic carbocycles. The molecule has 0 radical (unpaired) electrons. The number of rotatable bonds is 3. The van der Waals surface area contributed by atoms with E-state index in [9.17, 15) is 14.9 Å². The Kier molecular flexibility index (Phi) is 3.51. The van der Waals surface area contributed by atoms with E-state index < -0.39 is 4.92 Å². The van der Waals surface area contributed by atoms with Crippen LogP contribution in [-0.2, 0) is 0 Å². The molecular weight excluding hydrogens is 246 g/mol. The highest BCUT2D eigenvalue weighted by Gasteiger charge is 2.12. The quantitative estimate of drug-likeness (QED) is 0.676. The van der Waals surface area contributed by atoms with Crippen molar-refractivity contribution in [2.24, 2.45) is 0 Å². The van der Waals surface area contributed by atoms with Gasteiger partial charge in [-0.2, -0.15) is 0 Å². The van der Waals surface area contributed by atoms with Gasteiger partial charge in [-0.1, -0.05) is 18.2 Å². The molecule has 0 fully saturated rings. The molecule has 1 N–H and O–H groups in total. The van der Waals surface area contributed by atoms with Gasteiger partial charge in [-0.25, -0.2) is 4.98 Å². The summed E-state index contributed by atoms with van der Waals surface area (Å²) in [6.45, 7) is 1.65. The van der Waals surface area contributed by atoms with Crippen LogP contribution in [-0.4, -0.2) is 15.8 Å². The van der Waals surface area contributed by atoms with E-state index in [1.54, 1.807) is 31.2 Å². The summed E-state index contributed by atoms with van der Waals surface area (Å²) < 4.78 is 0. The van der Waals surface area contributed by atoms with E-state index in [0.717, 1.165) is 6.20 Å². The lowest BCUT2D eigenvalue weighted by atomic mass is 10.2. The summed E-state index contributed by atoms with van der Waals surface area (Å²) in [5.41, 5.74) is 0.941. The highest BCUT2D eigenvalue weighted by Crippen LogP contribution is 2.18. The predicted octanol–water partition coefficient (Wildman–Crippen LogP) is 2.55. The number of nitrogens with one attached hydrogen (secondary N) is 1. The normalized spacial score (nSPS) is 9.95. The Morgan fingerprint density at radius 2 is 2.00 bits per heavy atom. The molecule has 0 bridgehead atoms. The van der Waals surface area contributed by atoms with Crippen molar-refractivity contribution in [2.75, 3.05) is 5.32 Å². The van der Waals surface area contributed by atoms with E-state index in [1.807, 2.05) is 6.07 Å². The molecule has 2 rings (SSSR count). The van der Waals surface area contributed by atoms with Crippen molar-refractivity contribution in [3.8, 4) is 0 Å². The largest absolute Gasteiger partial charge is 0.306 e. The molecule has 1 aromatic heterocycles. The fourth-order valence-corrected chi connectivity index (χ4v) is 1.56. The molecule has 1 heterocycles. The Hall–Kier alpha value is -2.76. The number of carbonyl (C=O) groups is 1. The van der Waals surface area contributed by atoms with Crippen molar-refractivity contribution >= 4 is 17.4 Å². The lowest BCUT2D eigenvalue weighted by molar-refractivity contribution is -0.385. The second-order valence-electron chi connectivity index (χ2n) is 3.94. The summed E-state index contributed by atoms with van der Waals surface area (Å²) in [5, 5.41) is 13.2. The molecule has 0 spiro atoms. The van der Waals surface area contributed by atoms with Gasteiger partial charge in [-0.05, 0) is 24.6 Å². The Morgan fingerprint density at radius 1 is 1.32 bits per heavy atom. The molecule has 2 aromatic rings. The molecule has 0 aliphatic carbocycles. The molecule has 0 saturated carbocycles. The van der Waals surface area contributed by atoms with Gasteiger partial charge < -0.3 is 5.32 Å². The van der Waals surface area contributed by atoms with E-state index in [-0.39, 0.29) is 11.6 Å². The van der Waals surface area contributed by atoms with E-state index in [1.165, 1.54) is 6.07 Å². The van der Waals surface area contributed by atoms with Gasteiger partial charge >= 0.3 is 0 Å². The van der Waals surface area contributed by atoms with Gasteiger partial charge in [-0.3, -0.25) is 14.9 Å². The zero-order chi connectivity index (χ0) is 13.8. The molecule has 0 saturated heterocycles. The van der Waals surface area contributed by atoms with E-state index in [2.05, 4.69) is 10.3 Å². The summed E-state index contributed by atoms with van der Waals surface area (Å²) in [6, 6.07) is 10.0. The van der Waals surface area contributed by atoms with E-state index in [0.29, 0.717) is 16.9 Å². The SMILES string of the molecule is Cc1cc([N+](=O)[O-])cnc1NC(=O)c1ccccc1. The topological polar surface area (TPSA) is 85.1 Å². The zero-order valence-corrected chi connectivity index (χ0v) is 10.2. The van der Waals surface area contributed by atoms with Crippen LogP contribution in [0.5, 0.6) is 0 Å². The monoisotopic (exact) mass is 257 g/mol. The van der Waals surface area contributed by atoms with Crippen molar-refractivity contribution < 1.29 is 9.72 Å². The number of amides is 1. The van der Waals surface area contributed by atoms with Gasteiger partial charge in [0.1, 0.15) is 12.0 Å². The number of anilines is 1. The summed E-state index contributed by atoms with van der Waals surface area (Å²) in [5.74, 6) is 0.0181. The number of benzene rings is 1. The number of aryl methyl sites for hydroxylation is 1. The van der Waals surface area contributed by atoms with Crippen LogP contribution in [0.4, 0.5) is 11.5 Å². The minimum absolute atomic E-state index is 0.102. The average Bonchev–Trinajstić information content (AvgIpc) is 2.41. The molecular formula is C13H11N3O3. The molecule has 6 heteroatoms. The molecule has 1 amide bonds. The smallest absolute Gasteiger partial charge is 0.287 e. The van der Waals surface area contributed by atoms with Gasteiger partial charge in [0.2, 0.25) is 0 Å². The lowest BCUT2D eigenvalue weighted by Crippen LogP contribution is -2.13. The molecule has 0 aliphatic heterocycles. The van der Waals surface area contributed by atoms with Gasteiger partial charge in [0.15, 0.2) is 0 Å². The third kappa shape index (κ3) is 2.92. The number of hydrogen-bond donors (Lipinski definition) is 1. The van der Waals surface area contributed by atoms with Crippen LogP contribution in [0.25, 0.3) is 0 Å². The van der Waals surface area contributed by atoms with Crippen molar-refractivity contribution in [1.29, 1.82) is 0 Å². The first-order valence-electron chi connectivity index (χ1n) is 5.55. The lowest BCUT2D eigenvalue weighted by Gasteiger charge is -2.06. The molecule has 0 unspecified atom stereocenters.